The molecule has 0 spiro atoms. The Morgan fingerprint density at radius 1 is 1.45 bits per heavy atom. The highest BCUT2D eigenvalue weighted by Gasteiger charge is 2.14. The van der Waals surface area contributed by atoms with Gasteiger partial charge in [-0.25, -0.2) is 4.68 Å². The number of fused-ring (bicyclic) bond motifs is 1. The molecule has 0 bridgehead atoms. The van der Waals surface area contributed by atoms with E-state index in [1.165, 1.54) is 0 Å². The average molecular weight is 289 g/mol. The van der Waals surface area contributed by atoms with E-state index in [-0.39, 0.29) is 5.75 Å². The summed E-state index contributed by atoms with van der Waals surface area (Å²) in [5.41, 5.74) is 0.773. The Labute approximate surface area is 118 Å². The fourth-order valence-corrected chi connectivity index (χ4v) is 2.45. The summed E-state index contributed by atoms with van der Waals surface area (Å²) < 4.78 is 7.24. The maximum absolute atomic E-state index is 10.6. The van der Waals surface area contributed by atoms with Crippen molar-refractivity contribution in [1.82, 2.24) is 14.8 Å². The van der Waals surface area contributed by atoms with Crippen LogP contribution in [0.3, 0.4) is 0 Å². The number of furan rings is 1. The van der Waals surface area contributed by atoms with E-state index in [4.69, 9.17) is 9.52 Å². The molecular weight excluding hydrogens is 278 g/mol. The molecule has 0 aliphatic heterocycles. The predicted molar refractivity (Wildman–Crippen MR) is 74.6 cm³/mol. The van der Waals surface area contributed by atoms with Gasteiger partial charge >= 0.3 is 5.97 Å². The lowest BCUT2D eigenvalue weighted by molar-refractivity contribution is -0.133. The number of para-hydroxylation sites is 1. The fraction of sp³-hybridized carbons (Fsp3) is 0.154. The third kappa shape index (κ3) is 2.39. The Morgan fingerprint density at radius 2 is 2.25 bits per heavy atom. The number of hydrogen-bond donors (Lipinski definition) is 1. The number of thioether (sulfide) groups is 1. The molecule has 0 radical (unpaired) electrons. The zero-order chi connectivity index (χ0) is 14.1. The molecule has 2 aromatic heterocycles. The van der Waals surface area contributed by atoms with E-state index in [0.29, 0.717) is 16.7 Å². The minimum Gasteiger partial charge on any atom is -0.481 e. The summed E-state index contributed by atoms with van der Waals surface area (Å²) in [6.07, 6.45) is 0. The number of nitrogens with zero attached hydrogens (tertiary/aromatic N) is 3. The maximum Gasteiger partial charge on any atom is 0.313 e. The Hall–Kier alpha value is -2.28. The van der Waals surface area contributed by atoms with E-state index in [9.17, 15) is 4.79 Å². The van der Waals surface area contributed by atoms with Crippen LogP contribution in [0.4, 0.5) is 0 Å². The van der Waals surface area contributed by atoms with Crippen molar-refractivity contribution in [2.45, 2.75) is 5.16 Å². The lowest BCUT2D eigenvalue weighted by atomic mass is 10.2. The summed E-state index contributed by atoms with van der Waals surface area (Å²) in [6.45, 7) is 0. The fourth-order valence-electron chi connectivity index (χ4n) is 1.82. The molecule has 1 aromatic carbocycles. The van der Waals surface area contributed by atoms with Gasteiger partial charge in [-0.1, -0.05) is 30.0 Å². The molecule has 7 heteroatoms. The summed E-state index contributed by atoms with van der Waals surface area (Å²) in [5, 5.41) is 14.5. The van der Waals surface area contributed by atoms with Crippen molar-refractivity contribution in [2.75, 3.05) is 5.75 Å². The van der Waals surface area contributed by atoms with E-state index in [2.05, 4.69) is 10.1 Å². The Morgan fingerprint density at radius 3 is 3.00 bits per heavy atom. The predicted octanol–water partition coefficient (Wildman–Crippen LogP) is 2.40. The van der Waals surface area contributed by atoms with Crippen LogP contribution in [-0.4, -0.2) is 31.6 Å². The van der Waals surface area contributed by atoms with Gasteiger partial charge in [0.05, 0.1) is 5.75 Å². The number of rotatable bonds is 4. The van der Waals surface area contributed by atoms with Gasteiger partial charge in [0, 0.05) is 12.4 Å². The molecule has 20 heavy (non-hydrogen) atoms. The quantitative estimate of drug-likeness (QED) is 0.743. The molecule has 0 saturated carbocycles. The second kappa shape index (κ2) is 5.01. The molecule has 0 fully saturated rings. The van der Waals surface area contributed by atoms with Gasteiger partial charge in [-0.05, 0) is 12.1 Å². The van der Waals surface area contributed by atoms with Crippen LogP contribution in [0.1, 0.15) is 0 Å². The van der Waals surface area contributed by atoms with Gasteiger partial charge in [-0.15, -0.1) is 5.10 Å². The standard InChI is InChI=1S/C13H11N3O3S/c1-16-13(20-7-11(17)18)14-12(15-16)10-6-8-4-2-3-5-9(8)19-10/h2-6H,7H2,1H3,(H,17,18). The van der Waals surface area contributed by atoms with Crippen molar-refractivity contribution >= 4 is 28.7 Å². The maximum atomic E-state index is 10.6. The third-order valence-corrected chi connectivity index (χ3v) is 3.70. The molecule has 0 aliphatic carbocycles. The monoisotopic (exact) mass is 289 g/mol. The van der Waals surface area contributed by atoms with Gasteiger partial charge in [0.25, 0.3) is 0 Å². The van der Waals surface area contributed by atoms with Gasteiger partial charge in [0.1, 0.15) is 5.58 Å². The minimum absolute atomic E-state index is 0.0495. The molecule has 0 atom stereocenters. The van der Waals surface area contributed by atoms with Crippen molar-refractivity contribution in [3.8, 4) is 11.6 Å². The number of carboxylic acids is 1. The molecule has 102 valence electrons. The smallest absolute Gasteiger partial charge is 0.313 e. The number of aromatic nitrogens is 3. The molecule has 3 rings (SSSR count). The SMILES string of the molecule is Cn1nc(-c2cc3ccccc3o2)nc1SCC(=O)O. The molecule has 3 aromatic rings. The normalized spacial score (nSPS) is 11.1. The molecule has 6 nitrogen and oxygen atoms in total. The van der Waals surface area contributed by atoms with E-state index < -0.39 is 5.97 Å². The van der Waals surface area contributed by atoms with Crippen molar-refractivity contribution in [1.29, 1.82) is 0 Å². The number of carboxylic acid groups (broad SMARTS) is 1. The van der Waals surface area contributed by atoms with Crippen molar-refractivity contribution < 1.29 is 14.3 Å². The highest BCUT2D eigenvalue weighted by molar-refractivity contribution is 7.99. The first kappa shape index (κ1) is 12.7. The summed E-state index contributed by atoms with van der Waals surface area (Å²) in [5.74, 6) is 0.0930. The molecule has 2 heterocycles. The van der Waals surface area contributed by atoms with Crippen molar-refractivity contribution in [3.05, 3.63) is 30.3 Å². The highest BCUT2D eigenvalue weighted by atomic mass is 32.2. The molecule has 0 unspecified atom stereocenters. The lowest BCUT2D eigenvalue weighted by Gasteiger charge is -1.94. The Bertz CT molecular complexity index is 745. The van der Waals surface area contributed by atoms with E-state index in [0.717, 1.165) is 22.7 Å². The molecule has 0 saturated heterocycles. The largest absolute Gasteiger partial charge is 0.481 e. The molecule has 0 amide bonds. The zero-order valence-electron chi connectivity index (χ0n) is 10.6. The van der Waals surface area contributed by atoms with Gasteiger partial charge in [-0.3, -0.25) is 4.79 Å². The summed E-state index contributed by atoms with van der Waals surface area (Å²) in [7, 11) is 1.73. The average Bonchev–Trinajstić information content (AvgIpc) is 2.99. The molecular formula is C13H11N3O3S. The van der Waals surface area contributed by atoms with Crippen LogP contribution in [-0.2, 0) is 11.8 Å². The van der Waals surface area contributed by atoms with E-state index in [1.54, 1.807) is 11.7 Å². The second-order valence-electron chi connectivity index (χ2n) is 4.17. The van der Waals surface area contributed by atoms with Crippen LogP contribution in [0.2, 0.25) is 0 Å². The summed E-state index contributed by atoms with van der Waals surface area (Å²) in [6, 6.07) is 9.53. The highest BCUT2D eigenvalue weighted by Crippen LogP contribution is 2.27. The Kier molecular flexibility index (Phi) is 3.19. The first-order valence-electron chi connectivity index (χ1n) is 5.88. The first-order valence-corrected chi connectivity index (χ1v) is 6.86. The summed E-state index contributed by atoms with van der Waals surface area (Å²) in [4.78, 5) is 14.9. The van der Waals surface area contributed by atoms with Crippen LogP contribution in [0.15, 0.2) is 39.9 Å². The number of aryl methyl sites for hydroxylation is 1. The number of carbonyl (C=O) groups is 1. The van der Waals surface area contributed by atoms with E-state index >= 15 is 0 Å². The molecule has 1 N–H and O–H groups in total. The van der Waals surface area contributed by atoms with Gasteiger partial charge in [0.15, 0.2) is 10.9 Å². The number of benzene rings is 1. The van der Waals surface area contributed by atoms with Crippen molar-refractivity contribution in [3.63, 3.8) is 0 Å². The lowest BCUT2D eigenvalue weighted by Crippen LogP contribution is -2.00. The zero-order valence-corrected chi connectivity index (χ0v) is 11.4. The summed E-state index contributed by atoms with van der Waals surface area (Å²) >= 11 is 1.13. The number of hydrogen-bond acceptors (Lipinski definition) is 5. The van der Waals surface area contributed by atoms with Gasteiger partial charge in [-0.2, -0.15) is 4.98 Å². The van der Waals surface area contributed by atoms with Gasteiger partial charge < -0.3 is 9.52 Å². The van der Waals surface area contributed by atoms with Gasteiger partial charge in [0.2, 0.25) is 5.82 Å². The van der Waals surface area contributed by atoms with Crippen LogP contribution in [0.25, 0.3) is 22.6 Å². The topological polar surface area (TPSA) is 81.2 Å². The van der Waals surface area contributed by atoms with Crippen molar-refractivity contribution in [2.24, 2.45) is 7.05 Å². The molecule has 0 aliphatic rings. The Balaban J connectivity index is 1.93. The third-order valence-electron chi connectivity index (χ3n) is 2.69. The first-order chi connectivity index (χ1) is 9.63. The second-order valence-corrected chi connectivity index (χ2v) is 5.11. The van der Waals surface area contributed by atoms with Crippen LogP contribution in [0, 0.1) is 0 Å². The minimum atomic E-state index is -0.886. The van der Waals surface area contributed by atoms with E-state index in [1.807, 2.05) is 30.3 Å². The van der Waals surface area contributed by atoms with Crippen LogP contribution < -0.4 is 0 Å². The van der Waals surface area contributed by atoms with Crippen LogP contribution >= 0.6 is 11.8 Å². The number of aliphatic carboxylic acids is 1. The van der Waals surface area contributed by atoms with Crippen LogP contribution in [0.5, 0.6) is 0 Å².